The Bertz CT molecular complexity index is 254. The molecular weight excluding hydrogens is 200 g/mol. The highest BCUT2D eigenvalue weighted by Crippen LogP contribution is 2.46. The molecular formula is C10H18O5. The number of rotatable bonds is 2. The van der Waals surface area contributed by atoms with Crippen molar-refractivity contribution < 1.29 is 24.4 Å². The summed E-state index contributed by atoms with van der Waals surface area (Å²) in [7, 11) is 0. The molecule has 2 aliphatic heterocycles. The van der Waals surface area contributed by atoms with Gasteiger partial charge < -0.3 is 24.4 Å². The third-order valence-corrected chi connectivity index (χ3v) is 3.04. The molecule has 0 spiro atoms. The van der Waals surface area contributed by atoms with Gasteiger partial charge in [-0.15, -0.1) is 0 Å². The van der Waals surface area contributed by atoms with Crippen LogP contribution in [0.1, 0.15) is 27.2 Å². The summed E-state index contributed by atoms with van der Waals surface area (Å²) < 4.78 is 16.6. The van der Waals surface area contributed by atoms with Gasteiger partial charge in [0.25, 0.3) is 0 Å². The maximum Gasteiger partial charge on any atom is 0.189 e. The number of aliphatic hydroxyl groups excluding tert-OH is 2. The number of hydrogen-bond donors (Lipinski definition) is 2. The SMILES string of the molecule is CC[C@H]1OC(O)[C@]2(CO)OC(C)(C)OC12. The van der Waals surface area contributed by atoms with Crippen LogP contribution in [-0.2, 0) is 14.2 Å². The maximum atomic E-state index is 9.80. The molecule has 4 atom stereocenters. The van der Waals surface area contributed by atoms with Gasteiger partial charge in [-0.25, -0.2) is 0 Å². The number of hydrogen-bond acceptors (Lipinski definition) is 5. The maximum absolute atomic E-state index is 9.80. The summed E-state index contributed by atoms with van der Waals surface area (Å²) in [5.74, 6) is -0.786. The molecule has 0 aromatic rings. The highest BCUT2D eigenvalue weighted by Gasteiger charge is 2.65. The fourth-order valence-electron chi connectivity index (χ4n) is 2.39. The van der Waals surface area contributed by atoms with E-state index in [9.17, 15) is 10.2 Å². The molecule has 88 valence electrons. The minimum absolute atomic E-state index is 0.228. The number of fused-ring (bicyclic) bond motifs is 1. The molecule has 0 amide bonds. The van der Waals surface area contributed by atoms with Crippen LogP contribution in [0.3, 0.4) is 0 Å². The van der Waals surface area contributed by atoms with E-state index in [2.05, 4.69) is 0 Å². The molecule has 0 bridgehead atoms. The molecule has 0 saturated carbocycles. The van der Waals surface area contributed by atoms with E-state index in [1.807, 2.05) is 6.92 Å². The van der Waals surface area contributed by atoms with E-state index >= 15 is 0 Å². The Morgan fingerprint density at radius 3 is 2.53 bits per heavy atom. The predicted molar refractivity (Wildman–Crippen MR) is 51.0 cm³/mol. The van der Waals surface area contributed by atoms with Crippen molar-refractivity contribution >= 4 is 0 Å². The normalized spacial score (nSPS) is 48.2. The molecule has 0 aliphatic carbocycles. The topological polar surface area (TPSA) is 68.2 Å². The predicted octanol–water partition coefficient (Wildman–Crippen LogP) is -0.00380. The smallest absolute Gasteiger partial charge is 0.189 e. The molecule has 15 heavy (non-hydrogen) atoms. The van der Waals surface area contributed by atoms with Gasteiger partial charge in [-0.2, -0.15) is 0 Å². The third-order valence-electron chi connectivity index (χ3n) is 3.04. The zero-order valence-electron chi connectivity index (χ0n) is 9.27. The van der Waals surface area contributed by atoms with Crippen LogP contribution < -0.4 is 0 Å². The van der Waals surface area contributed by atoms with E-state index in [-0.39, 0.29) is 12.7 Å². The van der Waals surface area contributed by atoms with Crippen LogP contribution in [0.4, 0.5) is 0 Å². The Hall–Kier alpha value is -0.200. The lowest BCUT2D eigenvalue weighted by Gasteiger charge is -2.27. The van der Waals surface area contributed by atoms with Crippen molar-refractivity contribution in [1.29, 1.82) is 0 Å². The van der Waals surface area contributed by atoms with Crippen LogP contribution in [0, 0.1) is 0 Å². The average molecular weight is 218 g/mol. The fraction of sp³-hybridized carbons (Fsp3) is 1.00. The molecule has 2 saturated heterocycles. The Kier molecular flexibility index (Phi) is 2.56. The molecule has 5 heteroatoms. The molecule has 5 nitrogen and oxygen atoms in total. The van der Waals surface area contributed by atoms with Gasteiger partial charge in [0.1, 0.15) is 6.10 Å². The van der Waals surface area contributed by atoms with Gasteiger partial charge >= 0.3 is 0 Å². The lowest BCUT2D eigenvalue weighted by atomic mass is 9.95. The Labute approximate surface area is 88.9 Å². The van der Waals surface area contributed by atoms with Crippen molar-refractivity contribution in [2.75, 3.05) is 6.61 Å². The largest absolute Gasteiger partial charge is 0.393 e. The van der Waals surface area contributed by atoms with Crippen LogP contribution in [0.25, 0.3) is 0 Å². The standard InChI is InChI=1S/C10H18O5/c1-4-6-7-10(5-11,8(12)13-6)15-9(2,3)14-7/h6-8,11-12H,4-5H2,1-3H3/t6-,7?,8?,10-/m1/s1. The van der Waals surface area contributed by atoms with E-state index in [0.717, 1.165) is 0 Å². The van der Waals surface area contributed by atoms with Gasteiger partial charge in [0, 0.05) is 0 Å². The van der Waals surface area contributed by atoms with Crippen molar-refractivity contribution in [3.8, 4) is 0 Å². The van der Waals surface area contributed by atoms with Crippen molar-refractivity contribution in [3.05, 3.63) is 0 Å². The van der Waals surface area contributed by atoms with E-state index < -0.39 is 23.8 Å². The van der Waals surface area contributed by atoms with Gasteiger partial charge in [-0.3, -0.25) is 0 Å². The summed E-state index contributed by atoms with van der Waals surface area (Å²) in [5, 5.41) is 19.2. The zero-order valence-corrected chi connectivity index (χ0v) is 9.27. The third kappa shape index (κ3) is 1.50. The van der Waals surface area contributed by atoms with Crippen molar-refractivity contribution in [1.82, 2.24) is 0 Å². The summed E-state index contributed by atoms with van der Waals surface area (Å²) in [6, 6.07) is 0. The van der Waals surface area contributed by atoms with Crippen LogP contribution in [-0.4, -0.2) is 46.7 Å². The molecule has 0 radical (unpaired) electrons. The second-order valence-electron chi connectivity index (χ2n) is 4.59. The molecule has 0 aromatic heterocycles. The lowest BCUT2D eigenvalue weighted by molar-refractivity contribution is -0.252. The number of aliphatic hydroxyl groups is 2. The molecule has 2 aliphatic rings. The molecule has 2 heterocycles. The van der Waals surface area contributed by atoms with Crippen LogP contribution in [0.2, 0.25) is 0 Å². The van der Waals surface area contributed by atoms with Gasteiger partial charge in [0.05, 0.1) is 12.7 Å². The molecule has 2 fully saturated rings. The molecule has 0 aromatic carbocycles. The minimum Gasteiger partial charge on any atom is -0.393 e. The van der Waals surface area contributed by atoms with Gasteiger partial charge in [-0.05, 0) is 20.3 Å². The average Bonchev–Trinajstić information content (AvgIpc) is 2.58. The van der Waals surface area contributed by atoms with E-state index in [1.165, 1.54) is 0 Å². The summed E-state index contributed by atoms with van der Waals surface area (Å²) >= 11 is 0. The van der Waals surface area contributed by atoms with Crippen molar-refractivity contribution in [2.24, 2.45) is 0 Å². The highest BCUT2D eigenvalue weighted by molar-refractivity contribution is 5.06. The highest BCUT2D eigenvalue weighted by atomic mass is 16.8. The Balaban J connectivity index is 2.30. The summed E-state index contributed by atoms with van der Waals surface area (Å²) in [6.07, 6.45) is -1.05. The van der Waals surface area contributed by atoms with Gasteiger partial charge in [0.15, 0.2) is 17.7 Å². The quantitative estimate of drug-likeness (QED) is 0.682. The minimum atomic E-state index is -1.13. The van der Waals surface area contributed by atoms with Crippen LogP contribution in [0.15, 0.2) is 0 Å². The summed E-state index contributed by atoms with van der Waals surface area (Å²) in [4.78, 5) is 0. The first-order valence-corrected chi connectivity index (χ1v) is 5.27. The van der Waals surface area contributed by atoms with Crippen LogP contribution >= 0.6 is 0 Å². The Morgan fingerprint density at radius 1 is 1.33 bits per heavy atom. The first-order chi connectivity index (χ1) is 6.95. The molecule has 2 rings (SSSR count). The second kappa shape index (κ2) is 3.40. The zero-order chi connectivity index (χ0) is 11.3. The lowest BCUT2D eigenvalue weighted by Crippen LogP contribution is -2.50. The molecule has 2 unspecified atom stereocenters. The van der Waals surface area contributed by atoms with Crippen molar-refractivity contribution in [2.45, 2.75) is 57.1 Å². The second-order valence-corrected chi connectivity index (χ2v) is 4.59. The molecule has 2 N–H and O–H groups in total. The van der Waals surface area contributed by atoms with E-state index in [4.69, 9.17) is 14.2 Å². The summed E-state index contributed by atoms with van der Waals surface area (Å²) in [6.45, 7) is 5.17. The Morgan fingerprint density at radius 2 is 2.00 bits per heavy atom. The van der Waals surface area contributed by atoms with Gasteiger partial charge in [-0.1, -0.05) is 6.92 Å². The monoisotopic (exact) mass is 218 g/mol. The first-order valence-electron chi connectivity index (χ1n) is 5.27. The van der Waals surface area contributed by atoms with E-state index in [0.29, 0.717) is 6.42 Å². The first kappa shape index (κ1) is 11.3. The van der Waals surface area contributed by atoms with Crippen LogP contribution in [0.5, 0.6) is 0 Å². The fourth-order valence-corrected chi connectivity index (χ4v) is 2.39. The van der Waals surface area contributed by atoms with Crippen molar-refractivity contribution in [3.63, 3.8) is 0 Å². The van der Waals surface area contributed by atoms with Gasteiger partial charge in [0.2, 0.25) is 0 Å². The summed E-state index contributed by atoms with van der Waals surface area (Å²) in [5.41, 5.74) is -1.12. The van der Waals surface area contributed by atoms with E-state index in [1.54, 1.807) is 13.8 Å². The number of ether oxygens (including phenoxy) is 3.